The second-order valence-electron chi connectivity index (χ2n) is 7.42. The molecule has 1 amide bonds. The molecule has 0 radical (unpaired) electrons. The van der Waals surface area contributed by atoms with Crippen molar-refractivity contribution < 1.29 is 4.79 Å². The number of hydrogen-bond acceptors (Lipinski definition) is 3. The number of rotatable bonds is 4. The number of amides is 1. The van der Waals surface area contributed by atoms with Crippen LogP contribution < -0.4 is 0 Å². The van der Waals surface area contributed by atoms with E-state index >= 15 is 0 Å². The van der Waals surface area contributed by atoms with E-state index in [2.05, 4.69) is 42.6 Å². The smallest absolute Gasteiger partial charge is 0.236 e. The van der Waals surface area contributed by atoms with Gasteiger partial charge in [-0.1, -0.05) is 0 Å². The van der Waals surface area contributed by atoms with Crippen molar-refractivity contribution in [3.05, 3.63) is 0 Å². The zero-order valence-corrected chi connectivity index (χ0v) is 13.9. The van der Waals surface area contributed by atoms with Crippen LogP contribution in [0.4, 0.5) is 0 Å². The van der Waals surface area contributed by atoms with Gasteiger partial charge in [-0.15, -0.1) is 0 Å². The highest BCUT2D eigenvalue weighted by molar-refractivity contribution is 5.78. The molecular weight excluding hydrogens is 250 g/mol. The molecule has 2 fully saturated rings. The number of carbonyl (C=O) groups is 1. The number of carbonyl (C=O) groups excluding carboxylic acids is 1. The fourth-order valence-corrected chi connectivity index (χ4v) is 3.44. The molecule has 4 heteroatoms. The number of likely N-dealkylation sites (N-methyl/N-ethyl adjacent to an activating group) is 1. The molecule has 0 aromatic carbocycles. The van der Waals surface area contributed by atoms with Crippen molar-refractivity contribution in [1.29, 1.82) is 0 Å². The molecule has 20 heavy (non-hydrogen) atoms. The van der Waals surface area contributed by atoms with Gasteiger partial charge in [0.25, 0.3) is 0 Å². The fourth-order valence-electron chi connectivity index (χ4n) is 3.44. The van der Waals surface area contributed by atoms with E-state index in [1.807, 2.05) is 7.05 Å². The third-order valence-electron chi connectivity index (χ3n) is 5.51. The molecular formula is C16H31N3O. The van der Waals surface area contributed by atoms with Crippen LogP contribution in [0.3, 0.4) is 0 Å². The normalized spacial score (nSPS) is 22.9. The van der Waals surface area contributed by atoms with Gasteiger partial charge in [-0.25, -0.2) is 0 Å². The first-order chi connectivity index (χ1) is 9.33. The Bertz CT molecular complexity index is 338. The summed E-state index contributed by atoms with van der Waals surface area (Å²) in [6.45, 7) is 6.75. The van der Waals surface area contributed by atoms with E-state index in [9.17, 15) is 4.79 Å². The molecule has 1 saturated carbocycles. The second-order valence-corrected chi connectivity index (χ2v) is 7.42. The lowest BCUT2D eigenvalue weighted by Gasteiger charge is -2.54. The number of likely N-dealkylation sites (tertiary alicyclic amines) is 1. The molecule has 1 aliphatic heterocycles. The quantitative estimate of drug-likeness (QED) is 0.784. The van der Waals surface area contributed by atoms with Gasteiger partial charge in [0.05, 0.1) is 6.54 Å². The Labute approximate surface area is 124 Å². The van der Waals surface area contributed by atoms with Gasteiger partial charge in [-0.2, -0.15) is 0 Å². The van der Waals surface area contributed by atoms with Crippen molar-refractivity contribution in [3.63, 3.8) is 0 Å². The van der Waals surface area contributed by atoms with Crippen LogP contribution in [0.5, 0.6) is 0 Å². The van der Waals surface area contributed by atoms with Gasteiger partial charge in [-0.05, 0) is 66.1 Å². The molecule has 2 rings (SSSR count). The van der Waals surface area contributed by atoms with E-state index in [1.165, 1.54) is 25.7 Å². The summed E-state index contributed by atoms with van der Waals surface area (Å²) in [4.78, 5) is 18.8. The predicted octanol–water partition coefficient (Wildman–Crippen LogP) is 1.66. The van der Waals surface area contributed by atoms with Gasteiger partial charge >= 0.3 is 0 Å². The standard InChI is InChI=1S/C16H31N3O/c1-13(2)18(5)12-15(20)19-8-6-16(7-9-19)10-14(11-16)17(3)4/h13-14H,6-12H2,1-5H3. The summed E-state index contributed by atoms with van der Waals surface area (Å²) >= 11 is 0. The van der Waals surface area contributed by atoms with Crippen LogP contribution >= 0.6 is 0 Å². The Kier molecular flexibility index (Phi) is 4.75. The Morgan fingerprint density at radius 3 is 2.20 bits per heavy atom. The predicted molar refractivity (Wildman–Crippen MR) is 82.7 cm³/mol. The maximum Gasteiger partial charge on any atom is 0.236 e. The monoisotopic (exact) mass is 281 g/mol. The van der Waals surface area contributed by atoms with Crippen molar-refractivity contribution in [1.82, 2.24) is 14.7 Å². The minimum absolute atomic E-state index is 0.305. The molecule has 1 saturated heterocycles. The molecule has 4 nitrogen and oxygen atoms in total. The van der Waals surface area contributed by atoms with Crippen LogP contribution in [0.2, 0.25) is 0 Å². The van der Waals surface area contributed by atoms with Crippen molar-refractivity contribution in [2.45, 2.75) is 51.6 Å². The minimum atomic E-state index is 0.305. The topological polar surface area (TPSA) is 26.8 Å². The van der Waals surface area contributed by atoms with Gasteiger partial charge in [0, 0.05) is 25.2 Å². The molecule has 1 aliphatic carbocycles. The molecule has 0 bridgehead atoms. The maximum absolute atomic E-state index is 12.3. The maximum atomic E-state index is 12.3. The Hall–Kier alpha value is -0.610. The molecule has 2 aliphatic rings. The zero-order chi connectivity index (χ0) is 14.9. The summed E-state index contributed by atoms with van der Waals surface area (Å²) in [5.74, 6) is 0.305. The van der Waals surface area contributed by atoms with Crippen molar-refractivity contribution in [2.24, 2.45) is 5.41 Å². The van der Waals surface area contributed by atoms with Gasteiger partial charge < -0.3 is 9.80 Å². The second kappa shape index (κ2) is 6.02. The summed E-state index contributed by atoms with van der Waals surface area (Å²) in [6, 6.07) is 1.20. The van der Waals surface area contributed by atoms with Gasteiger partial charge in [0.2, 0.25) is 5.91 Å². The van der Waals surface area contributed by atoms with E-state index in [-0.39, 0.29) is 0 Å². The van der Waals surface area contributed by atoms with E-state index in [0.29, 0.717) is 23.9 Å². The Morgan fingerprint density at radius 2 is 1.75 bits per heavy atom. The van der Waals surface area contributed by atoms with E-state index in [4.69, 9.17) is 0 Å². The average molecular weight is 281 g/mol. The largest absolute Gasteiger partial charge is 0.342 e. The first kappa shape index (κ1) is 15.8. The molecule has 1 heterocycles. The first-order valence-corrected chi connectivity index (χ1v) is 7.97. The number of hydrogen-bond donors (Lipinski definition) is 0. The summed E-state index contributed by atoms with van der Waals surface area (Å²) < 4.78 is 0. The Balaban J connectivity index is 1.76. The van der Waals surface area contributed by atoms with Crippen LogP contribution in [0, 0.1) is 5.41 Å². The lowest BCUT2D eigenvalue weighted by Crippen LogP contribution is -2.55. The summed E-state index contributed by atoms with van der Waals surface area (Å²) in [5.41, 5.74) is 0.551. The molecule has 0 aromatic rings. The highest BCUT2D eigenvalue weighted by Crippen LogP contribution is 2.50. The van der Waals surface area contributed by atoms with Crippen LogP contribution in [0.1, 0.15) is 39.5 Å². The van der Waals surface area contributed by atoms with E-state index in [1.54, 1.807) is 0 Å². The van der Waals surface area contributed by atoms with Crippen molar-refractivity contribution in [2.75, 3.05) is 40.8 Å². The van der Waals surface area contributed by atoms with Crippen LogP contribution in [-0.4, -0.2) is 73.5 Å². The molecule has 0 N–H and O–H groups in total. The third-order valence-corrected chi connectivity index (χ3v) is 5.51. The highest BCUT2D eigenvalue weighted by atomic mass is 16.2. The van der Waals surface area contributed by atoms with Gasteiger partial charge in [-0.3, -0.25) is 9.69 Å². The summed E-state index contributed by atoms with van der Waals surface area (Å²) in [7, 11) is 6.39. The SMILES string of the molecule is CC(C)N(C)CC(=O)N1CCC2(CC1)CC(N(C)C)C2. The number of nitrogens with zero attached hydrogens (tertiary/aromatic N) is 3. The van der Waals surface area contributed by atoms with Crippen molar-refractivity contribution >= 4 is 5.91 Å². The molecule has 1 spiro atoms. The van der Waals surface area contributed by atoms with Gasteiger partial charge in [0.15, 0.2) is 0 Å². The fraction of sp³-hybridized carbons (Fsp3) is 0.938. The molecule has 116 valence electrons. The first-order valence-electron chi connectivity index (χ1n) is 7.97. The lowest BCUT2D eigenvalue weighted by molar-refractivity contribution is -0.136. The van der Waals surface area contributed by atoms with Crippen LogP contribution in [0.25, 0.3) is 0 Å². The average Bonchev–Trinajstić information content (AvgIpc) is 2.35. The van der Waals surface area contributed by atoms with Gasteiger partial charge in [0.1, 0.15) is 0 Å². The van der Waals surface area contributed by atoms with Crippen LogP contribution in [-0.2, 0) is 4.79 Å². The summed E-state index contributed by atoms with van der Waals surface area (Å²) in [5, 5.41) is 0. The zero-order valence-electron chi connectivity index (χ0n) is 13.9. The van der Waals surface area contributed by atoms with E-state index < -0.39 is 0 Å². The minimum Gasteiger partial charge on any atom is -0.342 e. The molecule has 0 aromatic heterocycles. The molecule has 0 atom stereocenters. The van der Waals surface area contributed by atoms with E-state index in [0.717, 1.165) is 19.1 Å². The molecule has 0 unspecified atom stereocenters. The van der Waals surface area contributed by atoms with Crippen molar-refractivity contribution in [3.8, 4) is 0 Å². The third kappa shape index (κ3) is 3.34. The lowest BCUT2D eigenvalue weighted by atomic mass is 9.60. The van der Waals surface area contributed by atoms with Crippen LogP contribution in [0.15, 0.2) is 0 Å². The number of piperidine rings is 1. The summed E-state index contributed by atoms with van der Waals surface area (Å²) in [6.07, 6.45) is 5.06. The highest BCUT2D eigenvalue weighted by Gasteiger charge is 2.46. The Morgan fingerprint density at radius 1 is 1.20 bits per heavy atom.